The highest BCUT2D eigenvalue weighted by Crippen LogP contribution is 2.30. The number of nitrogens with one attached hydrogen (secondary N) is 2. The molecule has 0 aliphatic carbocycles. The molecule has 2 N–H and O–H groups in total. The first-order valence-corrected chi connectivity index (χ1v) is 7.95. The summed E-state index contributed by atoms with van der Waals surface area (Å²) >= 11 is 11.9. The molecule has 0 fully saturated rings. The maximum Gasteiger partial charge on any atom is 0.239 e. The Morgan fingerprint density at radius 2 is 1.82 bits per heavy atom. The van der Waals surface area contributed by atoms with Crippen LogP contribution >= 0.6 is 23.2 Å². The smallest absolute Gasteiger partial charge is 0.239 e. The van der Waals surface area contributed by atoms with E-state index in [0.29, 0.717) is 23.2 Å². The van der Waals surface area contributed by atoms with E-state index >= 15 is 0 Å². The maximum absolute atomic E-state index is 12.4. The first-order chi connectivity index (χ1) is 10.2. The molecule has 0 heterocycles. The van der Waals surface area contributed by atoms with Crippen molar-refractivity contribution in [2.45, 2.75) is 34.1 Å². The average Bonchev–Trinajstić information content (AvgIpc) is 2.43. The van der Waals surface area contributed by atoms with Gasteiger partial charge in [-0.1, -0.05) is 43.1 Å². The lowest BCUT2D eigenvalue weighted by Gasteiger charge is -2.23. The van der Waals surface area contributed by atoms with Crippen molar-refractivity contribution in [3.05, 3.63) is 28.2 Å². The van der Waals surface area contributed by atoms with Crippen LogP contribution in [0.4, 0.5) is 5.69 Å². The summed E-state index contributed by atoms with van der Waals surface area (Å²) in [6, 6.07) is 4.95. The van der Waals surface area contributed by atoms with Crippen molar-refractivity contribution in [1.82, 2.24) is 5.32 Å². The average molecular weight is 345 g/mol. The van der Waals surface area contributed by atoms with Gasteiger partial charge in [0, 0.05) is 6.54 Å². The van der Waals surface area contributed by atoms with E-state index in [1.54, 1.807) is 32.0 Å². The van der Waals surface area contributed by atoms with Gasteiger partial charge in [-0.2, -0.15) is 0 Å². The van der Waals surface area contributed by atoms with E-state index in [9.17, 15) is 9.59 Å². The minimum atomic E-state index is -1.21. The van der Waals surface area contributed by atoms with Gasteiger partial charge in [0.1, 0.15) is 5.41 Å². The number of anilines is 1. The molecule has 122 valence electrons. The Bertz CT molecular complexity index is 557. The number of hydrogen-bond donors (Lipinski definition) is 2. The number of amides is 2. The summed E-state index contributed by atoms with van der Waals surface area (Å²) in [5.74, 6) is -0.259. The Hall–Kier alpha value is -1.26. The van der Waals surface area contributed by atoms with Crippen molar-refractivity contribution >= 4 is 40.7 Å². The molecule has 0 aliphatic heterocycles. The lowest BCUT2D eigenvalue weighted by molar-refractivity contribution is -0.138. The van der Waals surface area contributed by atoms with Crippen LogP contribution in [0.2, 0.25) is 10.0 Å². The van der Waals surface area contributed by atoms with Crippen LogP contribution in [0.15, 0.2) is 18.2 Å². The van der Waals surface area contributed by atoms with E-state index in [1.165, 1.54) is 0 Å². The van der Waals surface area contributed by atoms with Crippen molar-refractivity contribution in [2.75, 3.05) is 11.9 Å². The quantitative estimate of drug-likeness (QED) is 0.762. The van der Waals surface area contributed by atoms with E-state index < -0.39 is 11.3 Å². The fraction of sp³-hybridized carbons (Fsp3) is 0.500. The molecule has 0 aromatic heterocycles. The topological polar surface area (TPSA) is 58.2 Å². The second-order valence-corrected chi connectivity index (χ2v) is 6.90. The van der Waals surface area contributed by atoms with Crippen molar-refractivity contribution < 1.29 is 9.59 Å². The van der Waals surface area contributed by atoms with Crippen molar-refractivity contribution in [3.63, 3.8) is 0 Å². The SMILES string of the molecule is CC(C)CCNC(=O)C(C)(C)C(=O)Nc1cccc(Cl)c1Cl. The van der Waals surface area contributed by atoms with E-state index in [4.69, 9.17) is 23.2 Å². The van der Waals surface area contributed by atoms with Gasteiger partial charge in [-0.3, -0.25) is 9.59 Å². The molecule has 0 spiro atoms. The first kappa shape index (κ1) is 18.8. The summed E-state index contributed by atoms with van der Waals surface area (Å²) in [5, 5.41) is 6.05. The summed E-state index contributed by atoms with van der Waals surface area (Å²) in [7, 11) is 0. The highest BCUT2D eigenvalue weighted by Gasteiger charge is 2.36. The zero-order valence-corrected chi connectivity index (χ0v) is 14.8. The zero-order valence-electron chi connectivity index (χ0n) is 13.3. The second kappa shape index (κ2) is 7.84. The molecule has 6 heteroatoms. The standard InChI is InChI=1S/C16H22Cl2N2O2/c1-10(2)8-9-19-14(21)16(3,4)15(22)20-12-7-5-6-11(17)13(12)18/h5-7,10H,8-9H2,1-4H3,(H,19,21)(H,20,22). The molecule has 0 aliphatic rings. The predicted octanol–water partition coefficient (Wildman–Crippen LogP) is 4.12. The monoisotopic (exact) mass is 344 g/mol. The molecule has 0 unspecified atom stereocenters. The molecule has 0 saturated carbocycles. The zero-order chi connectivity index (χ0) is 16.9. The van der Waals surface area contributed by atoms with E-state index in [-0.39, 0.29) is 10.9 Å². The van der Waals surface area contributed by atoms with Crippen LogP contribution < -0.4 is 10.6 Å². The largest absolute Gasteiger partial charge is 0.355 e. The molecule has 4 nitrogen and oxygen atoms in total. The second-order valence-electron chi connectivity index (χ2n) is 6.12. The fourth-order valence-electron chi connectivity index (χ4n) is 1.68. The maximum atomic E-state index is 12.4. The summed E-state index contributed by atoms with van der Waals surface area (Å²) in [4.78, 5) is 24.6. The summed E-state index contributed by atoms with van der Waals surface area (Å²) in [6.07, 6.45) is 0.865. The van der Waals surface area contributed by atoms with Gasteiger partial charge in [-0.15, -0.1) is 0 Å². The molecule has 2 amide bonds. The predicted molar refractivity (Wildman–Crippen MR) is 91.3 cm³/mol. The Morgan fingerprint density at radius 3 is 2.41 bits per heavy atom. The van der Waals surface area contributed by atoms with Crippen molar-refractivity contribution in [3.8, 4) is 0 Å². The molecule has 0 bridgehead atoms. The van der Waals surface area contributed by atoms with Crippen LogP contribution in [0.25, 0.3) is 0 Å². The van der Waals surface area contributed by atoms with Crippen LogP contribution in [0.3, 0.4) is 0 Å². The van der Waals surface area contributed by atoms with E-state index in [2.05, 4.69) is 24.5 Å². The van der Waals surface area contributed by atoms with Gasteiger partial charge in [0.15, 0.2) is 0 Å². The molecule has 0 saturated heterocycles. The summed E-state index contributed by atoms with van der Waals surface area (Å²) in [5.41, 5.74) is -0.815. The van der Waals surface area contributed by atoms with Gasteiger partial charge < -0.3 is 10.6 Å². The van der Waals surface area contributed by atoms with Gasteiger partial charge in [-0.25, -0.2) is 0 Å². The van der Waals surface area contributed by atoms with Crippen LogP contribution in [0.5, 0.6) is 0 Å². The number of benzene rings is 1. The minimum Gasteiger partial charge on any atom is -0.355 e. The van der Waals surface area contributed by atoms with Gasteiger partial charge >= 0.3 is 0 Å². The Kier molecular flexibility index (Phi) is 6.69. The lowest BCUT2D eigenvalue weighted by Crippen LogP contribution is -2.45. The third-order valence-corrected chi connectivity index (χ3v) is 4.16. The molecular formula is C16H22Cl2N2O2. The third kappa shape index (κ3) is 4.89. The molecule has 1 rings (SSSR count). The lowest BCUT2D eigenvalue weighted by atomic mass is 9.90. The molecule has 1 aromatic carbocycles. The van der Waals surface area contributed by atoms with Gasteiger partial charge in [0.25, 0.3) is 0 Å². The molecular weight excluding hydrogens is 323 g/mol. The van der Waals surface area contributed by atoms with Crippen molar-refractivity contribution in [1.29, 1.82) is 0 Å². The first-order valence-electron chi connectivity index (χ1n) is 7.20. The van der Waals surface area contributed by atoms with Crippen LogP contribution in [0, 0.1) is 11.3 Å². The summed E-state index contributed by atoms with van der Waals surface area (Å²) in [6.45, 7) is 7.85. The fourth-order valence-corrected chi connectivity index (χ4v) is 2.03. The normalized spacial score (nSPS) is 11.4. The van der Waals surface area contributed by atoms with Gasteiger partial charge in [-0.05, 0) is 38.3 Å². The highest BCUT2D eigenvalue weighted by atomic mass is 35.5. The molecule has 0 atom stereocenters. The van der Waals surface area contributed by atoms with Crippen molar-refractivity contribution in [2.24, 2.45) is 11.3 Å². The molecule has 0 radical (unpaired) electrons. The number of carbonyl (C=O) groups excluding carboxylic acids is 2. The van der Waals surface area contributed by atoms with E-state index in [1.807, 2.05) is 0 Å². The Labute approximate surface area is 141 Å². The third-order valence-electron chi connectivity index (χ3n) is 3.34. The van der Waals surface area contributed by atoms with Gasteiger partial charge in [0.05, 0.1) is 15.7 Å². The van der Waals surface area contributed by atoms with Crippen LogP contribution in [-0.2, 0) is 9.59 Å². The van der Waals surface area contributed by atoms with Crippen LogP contribution in [-0.4, -0.2) is 18.4 Å². The number of carbonyl (C=O) groups is 2. The molecule has 1 aromatic rings. The van der Waals surface area contributed by atoms with Gasteiger partial charge in [0.2, 0.25) is 11.8 Å². The number of rotatable bonds is 6. The summed E-state index contributed by atoms with van der Waals surface area (Å²) < 4.78 is 0. The number of halogens is 2. The molecule has 22 heavy (non-hydrogen) atoms. The Balaban J connectivity index is 2.73. The van der Waals surface area contributed by atoms with E-state index in [0.717, 1.165) is 6.42 Å². The van der Waals surface area contributed by atoms with Crippen LogP contribution in [0.1, 0.15) is 34.1 Å². The number of hydrogen-bond acceptors (Lipinski definition) is 2. The minimum absolute atomic E-state index is 0.258. The highest BCUT2D eigenvalue weighted by molar-refractivity contribution is 6.44. The Morgan fingerprint density at radius 1 is 1.18 bits per heavy atom.